The Bertz CT molecular complexity index is 3820. The quantitative estimate of drug-likeness (QED) is 0.165. The van der Waals surface area contributed by atoms with E-state index < -0.39 is 0 Å². The molecule has 2 nitrogen and oxygen atoms in total. The van der Waals surface area contributed by atoms with Gasteiger partial charge < -0.3 is 4.90 Å². The monoisotopic (exact) mass is 792 g/mol. The summed E-state index contributed by atoms with van der Waals surface area (Å²) in [4.78, 5) is 7.43. The topological polar surface area (TPSA) is 16.1 Å². The summed E-state index contributed by atoms with van der Waals surface area (Å²) in [5.41, 5.74) is 12.0. The van der Waals surface area contributed by atoms with Gasteiger partial charge in [-0.05, 0) is 126 Å². The molecular weight excluding hydrogens is 757 g/mol. The van der Waals surface area contributed by atoms with E-state index in [-0.39, 0.29) is 0 Å². The minimum absolute atomic E-state index is 0.857. The highest BCUT2D eigenvalue weighted by Gasteiger charge is 2.24. The Hall–Kier alpha value is -7.59. The number of nitrogens with zero attached hydrogens (tertiary/aromatic N) is 2. The molecule has 1 aliphatic rings. The molecule has 0 aliphatic heterocycles. The van der Waals surface area contributed by atoms with Crippen LogP contribution in [0.2, 0.25) is 0 Å². The maximum Gasteiger partial charge on any atom is 0.0729 e. The Labute approximate surface area is 356 Å². The van der Waals surface area contributed by atoms with Gasteiger partial charge in [0.05, 0.1) is 5.52 Å². The average molecular weight is 793 g/mol. The number of anilines is 3. The highest BCUT2D eigenvalue weighted by molar-refractivity contribution is 7.25. The zero-order valence-corrected chi connectivity index (χ0v) is 34.0. The first kappa shape index (κ1) is 34.3. The second-order valence-electron chi connectivity index (χ2n) is 16.3. The number of aromatic nitrogens is 1. The molecular formula is C58H36N2S. The molecule has 1 aliphatic carbocycles. The van der Waals surface area contributed by atoms with Gasteiger partial charge in [0.15, 0.2) is 0 Å². The molecule has 2 heterocycles. The lowest BCUT2D eigenvalue weighted by atomic mass is 9.81. The normalized spacial score (nSPS) is 13.2. The lowest BCUT2D eigenvalue weighted by molar-refractivity contribution is 1.24. The van der Waals surface area contributed by atoms with Crippen LogP contribution in [0.4, 0.5) is 17.1 Å². The highest BCUT2D eigenvalue weighted by Crippen LogP contribution is 2.46. The first-order valence-electron chi connectivity index (χ1n) is 21.0. The molecule has 0 saturated carbocycles. The van der Waals surface area contributed by atoms with Gasteiger partial charge in [0.2, 0.25) is 0 Å². The van der Waals surface area contributed by atoms with Crippen molar-refractivity contribution >= 4 is 114 Å². The minimum atomic E-state index is 0.857. The van der Waals surface area contributed by atoms with Crippen LogP contribution in [0.15, 0.2) is 200 Å². The van der Waals surface area contributed by atoms with E-state index in [9.17, 15) is 0 Å². The molecule has 0 N–H and O–H groups in total. The summed E-state index contributed by atoms with van der Waals surface area (Å²) < 4.78 is 2.65. The zero-order valence-electron chi connectivity index (χ0n) is 33.1. The average Bonchev–Trinajstić information content (AvgIpc) is 3.71. The smallest absolute Gasteiger partial charge is 0.0729 e. The second kappa shape index (κ2) is 13.5. The van der Waals surface area contributed by atoms with Crippen LogP contribution in [0.25, 0.3) is 96.9 Å². The van der Waals surface area contributed by atoms with Crippen LogP contribution in [0.1, 0.15) is 16.7 Å². The maximum absolute atomic E-state index is 5.01. The summed E-state index contributed by atoms with van der Waals surface area (Å²) in [7, 11) is 0. The van der Waals surface area contributed by atoms with E-state index in [1.807, 2.05) is 17.5 Å². The standard InChI is InChI=1S/C58H36N2S/c1-4-14-45-36(10-1)20-25-50-48-27-22-42(32-38(48)21-26-49(45)50)60(44-24-29-52-47-16-6-3-12-40(47)35-59-55(52)34-44)43-23-28-51-46-15-5-2-11-37(46)30-41(54(51)33-43)31-39-13-9-19-57-58(39)53-17-7-8-18-56(53)61-57/h1-29,31-35H,30H2/b41-31-. The van der Waals surface area contributed by atoms with Gasteiger partial charge in [0.1, 0.15) is 0 Å². The van der Waals surface area contributed by atoms with Crippen LogP contribution in [-0.4, -0.2) is 4.98 Å². The molecule has 61 heavy (non-hydrogen) atoms. The highest BCUT2D eigenvalue weighted by atomic mass is 32.1. The first-order valence-corrected chi connectivity index (χ1v) is 21.8. The van der Waals surface area contributed by atoms with Crippen molar-refractivity contribution in [2.45, 2.75) is 6.42 Å². The van der Waals surface area contributed by atoms with Gasteiger partial charge in [-0.1, -0.05) is 152 Å². The van der Waals surface area contributed by atoms with Crippen LogP contribution in [0.5, 0.6) is 0 Å². The van der Waals surface area contributed by atoms with Crippen molar-refractivity contribution in [2.75, 3.05) is 4.90 Å². The third-order valence-corrected chi connectivity index (χ3v) is 14.0. The molecule has 0 amide bonds. The molecule has 0 atom stereocenters. The number of hydrogen-bond acceptors (Lipinski definition) is 3. The van der Waals surface area contributed by atoms with Crippen molar-refractivity contribution in [1.29, 1.82) is 0 Å². The number of pyridine rings is 1. The van der Waals surface area contributed by atoms with E-state index in [0.717, 1.165) is 39.8 Å². The molecule has 0 saturated heterocycles. The summed E-state index contributed by atoms with van der Waals surface area (Å²) in [6, 6.07) is 71.6. The third-order valence-electron chi connectivity index (χ3n) is 12.9. The fourth-order valence-corrected chi connectivity index (χ4v) is 11.2. The van der Waals surface area contributed by atoms with Gasteiger partial charge in [-0.2, -0.15) is 0 Å². The Kier molecular flexibility index (Phi) is 7.57. The maximum atomic E-state index is 5.01. The van der Waals surface area contributed by atoms with Gasteiger partial charge in [0.25, 0.3) is 0 Å². The number of rotatable bonds is 4. The lowest BCUT2D eigenvalue weighted by Crippen LogP contribution is -2.12. The van der Waals surface area contributed by atoms with E-state index in [1.54, 1.807) is 0 Å². The van der Waals surface area contributed by atoms with E-state index >= 15 is 0 Å². The van der Waals surface area contributed by atoms with Crippen LogP contribution in [-0.2, 0) is 6.42 Å². The number of benzene rings is 10. The summed E-state index contributed by atoms with van der Waals surface area (Å²) in [5, 5.41) is 13.7. The predicted molar refractivity (Wildman–Crippen MR) is 263 cm³/mol. The third kappa shape index (κ3) is 5.44. The van der Waals surface area contributed by atoms with Gasteiger partial charge in [-0.3, -0.25) is 4.98 Å². The molecule has 0 fully saturated rings. The Morgan fingerprint density at radius 3 is 1.95 bits per heavy atom. The van der Waals surface area contributed by atoms with Gasteiger partial charge in [-0.15, -0.1) is 11.3 Å². The van der Waals surface area contributed by atoms with Crippen LogP contribution < -0.4 is 4.90 Å². The molecule has 0 bridgehead atoms. The molecule has 284 valence electrons. The number of fused-ring (bicyclic) bond motifs is 14. The fourth-order valence-electron chi connectivity index (χ4n) is 10.0. The summed E-state index contributed by atoms with van der Waals surface area (Å²) >= 11 is 1.88. The van der Waals surface area contributed by atoms with Crippen molar-refractivity contribution in [3.05, 3.63) is 217 Å². The molecule has 0 radical (unpaired) electrons. The molecule has 10 aromatic carbocycles. The van der Waals surface area contributed by atoms with E-state index in [0.29, 0.717) is 0 Å². The lowest BCUT2D eigenvalue weighted by Gasteiger charge is -2.29. The molecule has 12 aromatic rings. The van der Waals surface area contributed by atoms with E-state index in [4.69, 9.17) is 4.98 Å². The molecule has 13 rings (SSSR count). The van der Waals surface area contributed by atoms with Gasteiger partial charge >= 0.3 is 0 Å². The summed E-state index contributed by atoms with van der Waals surface area (Å²) in [6.07, 6.45) is 5.32. The van der Waals surface area contributed by atoms with Crippen molar-refractivity contribution in [3.63, 3.8) is 0 Å². The predicted octanol–water partition coefficient (Wildman–Crippen LogP) is 16.4. The van der Waals surface area contributed by atoms with Crippen molar-refractivity contribution in [2.24, 2.45) is 0 Å². The minimum Gasteiger partial charge on any atom is -0.310 e. The molecule has 0 spiro atoms. The number of thiophene rings is 1. The van der Waals surface area contributed by atoms with Crippen LogP contribution in [0.3, 0.4) is 0 Å². The van der Waals surface area contributed by atoms with Crippen molar-refractivity contribution < 1.29 is 0 Å². The first-order chi connectivity index (χ1) is 30.2. The van der Waals surface area contributed by atoms with Gasteiger partial charge in [0, 0.05) is 54.2 Å². The SMILES string of the molecule is C(=C1\Cc2ccccc2-c2ccc(N(c3ccc4c(ccc5c6ccccc6ccc45)c3)c3ccc4c(c3)ncc3ccccc34)cc21)/c1cccc2sc3ccccc3c12. The van der Waals surface area contributed by atoms with Gasteiger partial charge in [-0.25, -0.2) is 0 Å². The van der Waals surface area contributed by atoms with E-state index in [1.165, 1.54) is 91.3 Å². The number of allylic oxidation sites excluding steroid dienone is 1. The summed E-state index contributed by atoms with van der Waals surface area (Å²) in [6.45, 7) is 0. The van der Waals surface area contributed by atoms with Crippen LogP contribution >= 0.6 is 11.3 Å². The molecule has 3 heteroatoms. The van der Waals surface area contributed by atoms with Crippen molar-refractivity contribution in [1.82, 2.24) is 4.98 Å². The number of hydrogen-bond donors (Lipinski definition) is 0. The summed E-state index contributed by atoms with van der Waals surface area (Å²) in [5.74, 6) is 0. The zero-order chi connectivity index (χ0) is 40.0. The van der Waals surface area contributed by atoms with Crippen LogP contribution in [0, 0.1) is 0 Å². The molecule has 2 aromatic heterocycles. The Balaban J connectivity index is 1.03. The Morgan fingerprint density at radius 2 is 1.07 bits per heavy atom. The Morgan fingerprint density at radius 1 is 0.426 bits per heavy atom. The van der Waals surface area contributed by atoms with Crippen molar-refractivity contribution in [3.8, 4) is 11.1 Å². The largest absolute Gasteiger partial charge is 0.310 e. The van der Waals surface area contributed by atoms with E-state index in [2.05, 4.69) is 205 Å². The fraction of sp³-hybridized carbons (Fsp3) is 0.0172. The molecule has 0 unspecified atom stereocenters. The second-order valence-corrected chi connectivity index (χ2v) is 17.4.